The van der Waals surface area contributed by atoms with Crippen LogP contribution >= 0.6 is 0 Å². The van der Waals surface area contributed by atoms with Crippen molar-refractivity contribution in [1.29, 1.82) is 0 Å². The number of hydrogen-bond acceptors (Lipinski definition) is 5. The third kappa shape index (κ3) is 2.85. The molecule has 1 aliphatic heterocycles. The highest BCUT2D eigenvalue weighted by Crippen LogP contribution is 2.36. The Labute approximate surface area is 110 Å². The van der Waals surface area contributed by atoms with Crippen LogP contribution in [-0.4, -0.2) is 33.7 Å². The highest BCUT2D eigenvalue weighted by atomic mass is 32.2. The van der Waals surface area contributed by atoms with E-state index in [9.17, 15) is 12.8 Å². The van der Waals surface area contributed by atoms with Crippen LogP contribution in [0.25, 0.3) is 0 Å². The van der Waals surface area contributed by atoms with Gasteiger partial charge in [-0.2, -0.15) is 0 Å². The molecule has 0 unspecified atom stereocenters. The Bertz CT molecular complexity index is 570. The summed E-state index contributed by atoms with van der Waals surface area (Å²) in [5, 5.41) is 4.61. The van der Waals surface area contributed by atoms with E-state index in [2.05, 4.69) is 4.98 Å². The fraction of sp³-hybridized carbons (Fsp3) is 0.545. The number of nitrogens with zero attached hydrogens (tertiary/aromatic N) is 1. The molecule has 1 fully saturated rings. The fourth-order valence-corrected chi connectivity index (χ4v) is 2.64. The lowest BCUT2D eigenvalue weighted by Crippen LogP contribution is -2.31. The minimum Gasteiger partial charge on any atom is -0.494 e. The van der Waals surface area contributed by atoms with Crippen molar-refractivity contribution in [3.63, 3.8) is 0 Å². The smallest absolute Gasteiger partial charge is 0.259 e. The van der Waals surface area contributed by atoms with Crippen LogP contribution in [-0.2, 0) is 20.4 Å². The Morgan fingerprint density at radius 3 is 2.58 bits per heavy atom. The Morgan fingerprint density at radius 2 is 2.05 bits per heavy atom. The molecule has 2 rings (SSSR count). The van der Waals surface area contributed by atoms with Gasteiger partial charge in [-0.15, -0.1) is 0 Å². The average molecular weight is 290 g/mol. The zero-order valence-corrected chi connectivity index (χ0v) is 11.2. The quantitative estimate of drug-likeness (QED) is 0.885. The van der Waals surface area contributed by atoms with E-state index in [1.165, 1.54) is 19.2 Å². The van der Waals surface area contributed by atoms with Gasteiger partial charge in [0.25, 0.3) is 10.0 Å². The standard InChI is InChI=1S/C11H15FN2O4S/c1-17-8-2-3-9(14-10(8)19(13,15)16)11(12)4-6-18-7-5-11/h2-3H,4-7H2,1H3,(H2,13,15,16). The van der Waals surface area contributed by atoms with E-state index in [-0.39, 0.29) is 37.5 Å². The molecule has 1 aromatic heterocycles. The summed E-state index contributed by atoms with van der Waals surface area (Å²) in [5.41, 5.74) is -1.65. The van der Waals surface area contributed by atoms with E-state index >= 15 is 0 Å². The number of ether oxygens (including phenoxy) is 2. The predicted octanol–water partition coefficient (Wildman–Crippen LogP) is 0.713. The molecule has 0 saturated carbocycles. The second kappa shape index (κ2) is 5.03. The van der Waals surface area contributed by atoms with E-state index in [0.29, 0.717) is 0 Å². The highest BCUT2D eigenvalue weighted by Gasteiger charge is 2.37. The summed E-state index contributed by atoms with van der Waals surface area (Å²) in [6.45, 7) is 0.545. The normalized spacial score (nSPS) is 19.1. The monoisotopic (exact) mass is 290 g/mol. The van der Waals surface area contributed by atoms with Gasteiger partial charge in [0.1, 0.15) is 0 Å². The first kappa shape index (κ1) is 14.2. The third-order valence-corrected chi connectivity index (χ3v) is 3.89. The molecule has 6 nitrogen and oxygen atoms in total. The predicted molar refractivity (Wildman–Crippen MR) is 65.0 cm³/mol. The Balaban J connectivity index is 2.49. The number of alkyl halides is 1. The van der Waals surface area contributed by atoms with Gasteiger partial charge < -0.3 is 9.47 Å². The molecule has 106 valence electrons. The first-order chi connectivity index (χ1) is 8.87. The molecule has 0 atom stereocenters. The van der Waals surface area contributed by atoms with Crippen molar-refractivity contribution in [1.82, 2.24) is 4.98 Å². The lowest BCUT2D eigenvalue weighted by molar-refractivity contribution is -0.0141. The van der Waals surface area contributed by atoms with Crippen molar-refractivity contribution in [2.75, 3.05) is 20.3 Å². The van der Waals surface area contributed by atoms with Gasteiger partial charge in [0.05, 0.1) is 26.0 Å². The minimum atomic E-state index is -4.07. The number of primary sulfonamides is 1. The molecule has 0 bridgehead atoms. The number of nitrogens with two attached hydrogens (primary N) is 1. The molecule has 0 aromatic carbocycles. The van der Waals surface area contributed by atoms with Crippen molar-refractivity contribution in [2.45, 2.75) is 23.5 Å². The van der Waals surface area contributed by atoms with E-state index < -0.39 is 20.7 Å². The number of halogens is 1. The van der Waals surface area contributed by atoms with Crippen molar-refractivity contribution in [3.05, 3.63) is 17.8 Å². The van der Waals surface area contributed by atoms with Crippen LogP contribution in [0.3, 0.4) is 0 Å². The second-order valence-corrected chi connectivity index (χ2v) is 5.80. The number of methoxy groups -OCH3 is 1. The van der Waals surface area contributed by atoms with Crippen LogP contribution in [0, 0.1) is 0 Å². The first-order valence-electron chi connectivity index (χ1n) is 5.72. The summed E-state index contributed by atoms with van der Waals surface area (Å²) >= 11 is 0. The summed E-state index contributed by atoms with van der Waals surface area (Å²) < 4.78 is 47.5. The zero-order valence-electron chi connectivity index (χ0n) is 10.4. The van der Waals surface area contributed by atoms with Gasteiger partial charge in [0.15, 0.2) is 11.4 Å². The first-order valence-corrected chi connectivity index (χ1v) is 7.26. The number of sulfonamides is 1. The van der Waals surface area contributed by atoms with E-state index in [0.717, 1.165) is 0 Å². The van der Waals surface area contributed by atoms with Crippen molar-refractivity contribution in [2.24, 2.45) is 5.14 Å². The van der Waals surface area contributed by atoms with E-state index in [1.807, 2.05) is 0 Å². The Morgan fingerprint density at radius 1 is 1.42 bits per heavy atom. The maximum absolute atomic E-state index is 14.7. The summed E-state index contributed by atoms with van der Waals surface area (Å²) in [4.78, 5) is 3.84. The van der Waals surface area contributed by atoms with Gasteiger partial charge >= 0.3 is 0 Å². The molecule has 8 heteroatoms. The summed E-state index contributed by atoms with van der Waals surface area (Å²) in [5.74, 6) is 0.00177. The topological polar surface area (TPSA) is 91.5 Å². The van der Waals surface area contributed by atoms with Crippen LogP contribution in [0.4, 0.5) is 4.39 Å². The molecule has 0 aliphatic carbocycles. The SMILES string of the molecule is COc1ccc(C2(F)CCOCC2)nc1S(N)(=O)=O. The van der Waals surface area contributed by atoms with E-state index in [4.69, 9.17) is 14.6 Å². The summed E-state index contributed by atoms with van der Waals surface area (Å²) in [7, 11) is -2.77. The van der Waals surface area contributed by atoms with Gasteiger partial charge in [-0.1, -0.05) is 0 Å². The van der Waals surface area contributed by atoms with Crippen molar-refractivity contribution in [3.8, 4) is 5.75 Å². The van der Waals surface area contributed by atoms with Crippen LogP contribution in [0.1, 0.15) is 18.5 Å². The van der Waals surface area contributed by atoms with Crippen LogP contribution in [0.5, 0.6) is 5.75 Å². The van der Waals surface area contributed by atoms with Gasteiger partial charge in [0.2, 0.25) is 5.03 Å². The van der Waals surface area contributed by atoms with Crippen LogP contribution in [0.2, 0.25) is 0 Å². The van der Waals surface area contributed by atoms with Gasteiger partial charge in [0, 0.05) is 12.8 Å². The van der Waals surface area contributed by atoms with Gasteiger partial charge in [-0.25, -0.2) is 22.9 Å². The maximum atomic E-state index is 14.7. The summed E-state index contributed by atoms with van der Waals surface area (Å²) in [6, 6.07) is 2.78. The Hall–Kier alpha value is -1.25. The number of pyridine rings is 1. The molecule has 2 N–H and O–H groups in total. The fourth-order valence-electron chi connectivity index (χ4n) is 1.99. The molecular formula is C11H15FN2O4S. The molecule has 1 saturated heterocycles. The molecule has 0 radical (unpaired) electrons. The Kier molecular flexibility index (Phi) is 3.75. The van der Waals surface area contributed by atoms with Crippen molar-refractivity contribution < 1.29 is 22.3 Å². The zero-order chi connectivity index (χ0) is 14.1. The lowest BCUT2D eigenvalue weighted by Gasteiger charge is -2.29. The van der Waals surface area contributed by atoms with Gasteiger partial charge in [-0.3, -0.25) is 0 Å². The maximum Gasteiger partial charge on any atom is 0.259 e. The highest BCUT2D eigenvalue weighted by molar-refractivity contribution is 7.89. The number of rotatable bonds is 3. The lowest BCUT2D eigenvalue weighted by atomic mass is 9.92. The average Bonchev–Trinajstić information content (AvgIpc) is 2.38. The minimum absolute atomic E-state index is 0.00177. The van der Waals surface area contributed by atoms with Crippen LogP contribution in [0.15, 0.2) is 17.2 Å². The molecular weight excluding hydrogens is 275 g/mol. The largest absolute Gasteiger partial charge is 0.494 e. The van der Waals surface area contributed by atoms with Gasteiger partial charge in [-0.05, 0) is 12.1 Å². The molecule has 0 amide bonds. The second-order valence-electron chi connectivity index (χ2n) is 4.33. The third-order valence-electron chi connectivity index (χ3n) is 3.06. The molecule has 2 heterocycles. The molecule has 0 spiro atoms. The number of hydrogen-bond donors (Lipinski definition) is 1. The summed E-state index contributed by atoms with van der Waals surface area (Å²) in [6.07, 6.45) is 0.271. The van der Waals surface area contributed by atoms with E-state index in [1.54, 1.807) is 0 Å². The molecule has 1 aliphatic rings. The van der Waals surface area contributed by atoms with Crippen molar-refractivity contribution >= 4 is 10.0 Å². The van der Waals surface area contributed by atoms with Crippen LogP contribution < -0.4 is 9.88 Å². The molecule has 1 aromatic rings. The number of aromatic nitrogens is 1. The molecule has 19 heavy (non-hydrogen) atoms.